The van der Waals surface area contributed by atoms with Crippen molar-refractivity contribution in [1.29, 1.82) is 0 Å². The largest absolute Gasteiger partial charge is 0.494 e. The van der Waals surface area contributed by atoms with Gasteiger partial charge >= 0.3 is 0 Å². The molecule has 26 heavy (non-hydrogen) atoms. The summed E-state index contributed by atoms with van der Waals surface area (Å²) in [5.41, 5.74) is 0.531. The molecule has 0 N–H and O–H groups in total. The van der Waals surface area contributed by atoms with Gasteiger partial charge in [0.1, 0.15) is 5.75 Å². The van der Waals surface area contributed by atoms with Crippen LogP contribution in [0.25, 0.3) is 0 Å². The number of nitro benzene ring substituents is 1. The van der Waals surface area contributed by atoms with Gasteiger partial charge in [-0.1, -0.05) is 18.2 Å². The van der Waals surface area contributed by atoms with Crippen molar-refractivity contribution in [3.05, 3.63) is 70.8 Å². The normalized spacial score (nSPS) is 11.0. The van der Waals surface area contributed by atoms with Crippen LogP contribution < -0.4 is 9.04 Å². The molecule has 0 spiro atoms. The van der Waals surface area contributed by atoms with Gasteiger partial charge in [0.15, 0.2) is 0 Å². The molecule has 0 aliphatic rings. The van der Waals surface area contributed by atoms with Crippen LogP contribution in [0.1, 0.15) is 12.5 Å². The van der Waals surface area contributed by atoms with Crippen molar-refractivity contribution < 1.29 is 18.1 Å². The van der Waals surface area contributed by atoms with Crippen molar-refractivity contribution in [2.75, 3.05) is 17.5 Å². The molecule has 2 rings (SSSR count). The van der Waals surface area contributed by atoms with E-state index >= 15 is 0 Å². The molecule has 8 heteroatoms. The molecule has 0 amide bonds. The fourth-order valence-corrected chi connectivity index (χ4v) is 4.13. The Labute approximate surface area is 152 Å². The molecular weight excluding hydrogens is 356 g/mol. The van der Waals surface area contributed by atoms with E-state index in [-0.39, 0.29) is 17.1 Å². The standard InChI is InChI=1S/C18H20N2O5S/c1-4-11-19(15-7-6-8-17(12-15)25-5-2)26(23,24)18-13-16(20(21)22)10-9-14(18)3/h4,6-10,12-13H,1,5,11H2,2-3H3. The maximum absolute atomic E-state index is 13.2. The summed E-state index contributed by atoms with van der Waals surface area (Å²) >= 11 is 0. The SMILES string of the molecule is C=CCN(c1cccc(OCC)c1)S(=O)(=O)c1cc([N+](=O)[O-])ccc1C. The third-order valence-corrected chi connectivity index (χ3v) is 5.60. The van der Waals surface area contributed by atoms with E-state index in [0.717, 1.165) is 10.4 Å². The Bertz CT molecular complexity index is 925. The topological polar surface area (TPSA) is 89.8 Å². The zero-order valence-electron chi connectivity index (χ0n) is 14.6. The number of ether oxygens (including phenoxy) is 1. The van der Waals surface area contributed by atoms with E-state index in [1.165, 1.54) is 18.2 Å². The molecule has 0 bridgehead atoms. The molecule has 0 aliphatic heterocycles. The minimum atomic E-state index is -4.03. The Morgan fingerprint density at radius 1 is 1.27 bits per heavy atom. The number of hydrogen-bond acceptors (Lipinski definition) is 5. The van der Waals surface area contributed by atoms with Gasteiger partial charge in [-0.05, 0) is 31.5 Å². The van der Waals surface area contributed by atoms with Crippen LogP contribution in [0.15, 0.2) is 60.0 Å². The Morgan fingerprint density at radius 3 is 2.62 bits per heavy atom. The summed E-state index contributed by atoms with van der Waals surface area (Å²) in [5, 5.41) is 11.0. The predicted octanol–water partition coefficient (Wildman–Crippen LogP) is 3.68. The second-order valence-electron chi connectivity index (χ2n) is 5.46. The Balaban J connectivity index is 2.59. The number of nitrogens with zero attached hydrogens (tertiary/aromatic N) is 2. The summed E-state index contributed by atoms with van der Waals surface area (Å²) in [4.78, 5) is 10.3. The first-order chi connectivity index (χ1) is 12.3. The molecule has 0 radical (unpaired) electrons. The van der Waals surface area contributed by atoms with Crippen molar-refractivity contribution in [3.63, 3.8) is 0 Å². The molecule has 0 saturated carbocycles. The molecule has 0 aliphatic carbocycles. The second kappa shape index (κ2) is 8.01. The van der Waals surface area contributed by atoms with Crippen molar-refractivity contribution in [2.24, 2.45) is 0 Å². The van der Waals surface area contributed by atoms with Crippen LogP contribution >= 0.6 is 0 Å². The van der Waals surface area contributed by atoms with Gasteiger partial charge in [0.2, 0.25) is 0 Å². The van der Waals surface area contributed by atoms with Crippen molar-refractivity contribution in [1.82, 2.24) is 0 Å². The molecule has 0 fully saturated rings. The zero-order chi connectivity index (χ0) is 19.3. The van der Waals surface area contributed by atoms with E-state index in [2.05, 4.69) is 6.58 Å². The quantitative estimate of drug-likeness (QED) is 0.398. The fraction of sp³-hybridized carbons (Fsp3) is 0.222. The van der Waals surface area contributed by atoms with Crippen LogP contribution in [0.5, 0.6) is 5.75 Å². The van der Waals surface area contributed by atoms with Crippen LogP contribution in [-0.4, -0.2) is 26.5 Å². The van der Waals surface area contributed by atoms with Crippen LogP contribution in [0.4, 0.5) is 11.4 Å². The van der Waals surface area contributed by atoms with Crippen molar-refractivity contribution in [3.8, 4) is 5.75 Å². The molecule has 0 unspecified atom stereocenters. The van der Waals surface area contributed by atoms with Gasteiger partial charge < -0.3 is 4.74 Å². The van der Waals surface area contributed by atoms with E-state index in [4.69, 9.17) is 4.74 Å². The van der Waals surface area contributed by atoms with Gasteiger partial charge in [-0.3, -0.25) is 14.4 Å². The third kappa shape index (κ3) is 4.02. The van der Waals surface area contributed by atoms with Gasteiger partial charge in [0.25, 0.3) is 15.7 Å². The van der Waals surface area contributed by atoms with E-state index < -0.39 is 14.9 Å². The first-order valence-electron chi connectivity index (χ1n) is 7.92. The molecule has 0 atom stereocenters. The molecule has 0 saturated heterocycles. The van der Waals surface area contributed by atoms with E-state index in [0.29, 0.717) is 23.6 Å². The van der Waals surface area contributed by atoms with Gasteiger partial charge in [0, 0.05) is 18.2 Å². The van der Waals surface area contributed by atoms with Crippen LogP contribution in [-0.2, 0) is 10.0 Å². The highest BCUT2D eigenvalue weighted by atomic mass is 32.2. The van der Waals surface area contributed by atoms with Gasteiger partial charge in [-0.25, -0.2) is 8.42 Å². The highest BCUT2D eigenvalue weighted by molar-refractivity contribution is 7.92. The molecular formula is C18H20N2O5S. The van der Waals surface area contributed by atoms with Crippen molar-refractivity contribution in [2.45, 2.75) is 18.7 Å². The zero-order valence-corrected chi connectivity index (χ0v) is 15.4. The molecule has 7 nitrogen and oxygen atoms in total. The Hall–Kier alpha value is -2.87. The fourth-order valence-electron chi connectivity index (χ4n) is 2.45. The number of anilines is 1. The Morgan fingerprint density at radius 2 is 2.00 bits per heavy atom. The average Bonchev–Trinajstić information content (AvgIpc) is 2.60. The molecule has 0 aromatic heterocycles. The smallest absolute Gasteiger partial charge is 0.270 e. The summed E-state index contributed by atoms with van der Waals surface area (Å²) in [7, 11) is -4.03. The highest BCUT2D eigenvalue weighted by Crippen LogP contribution is 2.30. The number of hydrogen-bond donors (Lipinski definition) is 0. The summed E-state index contributed by atoms with van der Waals surface area (Å²) in [5.74, 6) is 0.532. The molecule has 138 valence electrons. The average molecular weight is 376 g/mol. The first kappa shape index (κ1) is 19.5. The highest BCUT2D eigenvalue weighted by Gasteiger charge is 2.28. The van der Waals surface area contributed by atoms with Gasteiger partial charge in [-0.15, -0.1) is 6.58 Å². The lowest BCUT2D eigenvalue weighted by Gasteiger charge is -2.24. The third-order valence-electron chi connectivity index (χ3n) is 3.66. The first-order valence-corrected chi connectivity index (χ1v) is 9.36. The number of non-ortho nitro benzene ring substituents is 1. The lowest BCUT2D eigenvalue weighted by Crippen LogP contribution is -2.31. The number of rotatable bonds is 8. The minimum absolute atomic E-state index is 0.0139. The number of nitro groups is 1. The van der Waals surface area contributed by atoms with Crippen LogP contribution in [0.2, 0.25) is 0 Å². The predicted molar refractivity (Wildman–Crippen MR) is 100 cm³/mol. The van der Waals surface area contributed by atoms with Crippen LogP contribution in [0, 0.1) is 17.0 Å². The summed E-state index contributed by atoms with van der Waals surface area (Å²) < 4.78 is 33.0. The lowest BCUT2D eigenvalue weighted by atomic mass is 10.2. The summed E-state index contributed by atoms with van der Waals surface area (Å²) in [6.07, 6.45) is 1.46. The van der Waals surface area contributed by atoms with Gasteiger partial charge in [0.05, 0.1) is 28.7 Å². The van der Waals surface area contributed by atoms with Crippen molar-refractivity contribution >= 4 is 21.4 Å². The summed E-state index contributed by atoms with van der Waals surface area (Å²) in [6, 6.07) is 10.4. The van der Waals surface area contributed by atoms with Gasteiger partial charge in [-0.2, -0.15) is 0 Å². The van der Waals surface area contributed by atoms with Crippen LogP contribution in [0.3, 0.4) is 0 Å². The second-order valence-corrected chi connectivity index (χ2v) is 7.29. The minimum Gasteiger partial charge on any atom is -0.494 e. The number of aryl methyl sites for hydroxylation is 1. The number of sulfonamides is 1. The Kier molecular flexibility index (Phi) is 5.99. The van der Waals surface area contributed by atoms with E-state index in [9.17, 15) is 18.5 Å². The number of benzene rings is 2. The maximum atomic E-state index is 13.2. The van der Waals surface area contributed by atoms with E-state index in [1.807, 2.05) is 6.92 Å². The molecule has 2 aromatic carbocycles. The van der Waals surface area contributed by atoms with E-state index in [1.54, 1.807) is 31.2 Å². The lowest BCUT2D eigenvalue weighted by molar-refractivity contribution is -0.385. The monoisotopic (exact) mass is 376 g/mol. The maximum Gasteiger partial charge on any atom is 0.270 e. The molecule has 2 aromatic rings. The molecule has 0 heterocycles. The summed E-state index contributed by atoms with van der Waals surface area (Å²) in [6.45, 7) is 7.50.